The fourth-order valence-electron chi connectivity index (χ4n) is 3.10. The van der Waals surface area contributed by atoms with E-state index >= 15 is 0 Å². The number of aliphatic carboxylic acids is 1. The topological polar surface area (TPSA) is 112 Å². The van der Waals surface area contributed by atoms with Crippen LogP contribution in [0.5, 0.6) is 0 Å². The SMILES string of the molecule is CCCCCCCC/C=C\CCCCCCCC(=O)O.O=C(O)c1ccc(C(=O)O)cc1.[CaH2]. The van der Waals surface area contributed by atoms with Gasteiger partial charge in [0.1, 0.15) is 0 Å². The second kappa shape index (κ2) is 23.8. The maximum absolute atomic E-state index is 10.3. The fourth-order valence-corrected chi connectivity index (χ4v) is 3.10. The van der Waals surface area contributed by atoms with Crippen LogP contribution in [0.25, 0.3) is 0 Å². The van der Waals surface area contributed by atoms with Crippen molar-refractivity contribution in [2.75, 3.05) is 0 Å². The summed E-state index contributed by atoms with van der Waals surface area (Å²) in [5, 5.41) is 25.4. The third-order valence-electron chi connectivity index (χ3n) is 5.03. The molecule has 0 atom stereocenters. The zero-order valence-corrected chi connectivity index (χ0v) is 19.4. The summed E-state index contributed by atoms with van der Waals surface area (Å²) in [5.41, 5.74) is 0.167. The number of carbonyl (C=O) groups is 3. The van der Waals surface area contributed by atoms with Crippen molar-refractivity contribution in [2.24, 2.45) is 0 Å². The first-order valence-electron chi connectivity index (χ1n) is 11.8. The van der Waals surface area contributed by atoms with E-state index in [4.69, 9.17) is 15.3 Å². The van der Waals surface area contributed by atoms with Gasteiger partial charge < -0.3 is 15.3 Å². The Morgan fingerprint density at radius 1 is 0.636 bits per heavy atom. The molecule has 0 heterocycles. The number of aromatic carboxylic acids is 2. The minimum atomic E-state index is -1.06. The molecule has 0 saturated heterocycles. The Hall–Kier alpha value is -1.37. The van der Waals surface area contributed by atoms with Gasteiger partial charge >= 0.3 is 55.6 Å². The normalized spacial score (nSPS) is 10.2. The van der Waals surface area contributed by atoms with Gasteiger partial charge in [-0.3, -0.25) is 4.79 Å². The molecule has 1 aromatic rings. The van der Waals surface area contributed by atoms with E-state index in [1.807, 2.05) is 0 Å². The third-order valence-corrected chi connectivity index (χ3v) is 5.03. The van der Waals surface area contributed by atoms with E-state index in [9.17, 15) is 14.4 Å². The number of benzene rings is 1. The average molecular weight is 491 g/mol. The molecule has 0 radical (unpaired) electrons. The molecule has 0 unspecified atom stereocenters. The van der Waals surface area contributed by atoms with Crippen molar-refractivity contribution in [1.82, 2.24) is 0 Å². The third kappa shape index (κ3) is 22.2. The predicted molar refractivity (Wildman–Crippen MR) is 136 cm³/mol. The van der Waals surface area contributed by atoms with Crippen LogP contribution in [0.15, 0.2) is 36.4 Å². The molecule has 0 fully saturated rings. The van der Waals surface area contributed by atoms with Gasteiger partial charge in [-0.1, -0.05) is 70.4 Å². The molecule has 0 spiro atoms. The van der Waals surface area contributed by atoms with E-state index in [0.29, 0.717) is 6.42 Å². The number of unbranched alkanes of at least 4 members (excludes halogenated alkanes) is 11. The van der Waals surface area contributed by atoms with E-state index < -0.39 is 17.9 Å². The van der Waals surface area contributed by atoms with Gasteiger partial charge in [0, 0.05) is 6.42 Å². The van der Waals surface area contributed by atoms with E-state index in [2.05, 4.69) is 19.1 Å². The summed E-state index contributed by atoms with van der Waals surface area (Å²) in [7, 11) is 0. The van der Waals surface area contributed by atoms with Crippen LogP contribution in [0.4, 0.5) is 0 Å². The molecule has 184 valence electrons. The Kier molecular flexibility index (Phi) is 24.4. The van der Waals surface area contributed by atoms with Crippen LogP contribution in [0.2, 0.25) is 0 Å². The summed E-state index contributed by atoms with van der Waals surface area (Å²) in [6.45, 7) is 2.26. The molecule has 0 aliphatic rings. The van der Waals surface area contributed by atoms with Crippen LogP contribution in [-0.4, -0.2) is 71.0 Å². The molecule has 0 aliphatic carbocycles. The zero-order valence-electron chi connectivity index (χ0n) is 19.4. The number of allylic oxidation sites excluding steroid dienone is 2. The first-order valence-corrected chi connectivity index (χ1v) is 11.8. The summed E-state index contributed by atoms with van der Waals surface area (Å²) in [6, 6.07) is 5.02. The van der Waals surface area contributed by atoms with Gasteiger partial charge in [0.25, 0.3) is 0 Å². The molecule has 3 N–H and O–H groups in total. The first kappa shape index (κ1) is 33.8. The summed E-state index contributed by atoms with van der Waals surface area (Å²) in [4.78, 5) is 31.0. The number of hydrogen-bond acceptors (Lipinski definition) is 3. The van der Waals surface area contributed by atoms with Crippen LogP contribution >= 0.6 is 0 Å². The molecule has 0 aromatic heterocycles. The van der Waals surface area contributed by atoms with Gasteiger partial charge in [-0.25, -0.2) is 9.59 Å². The second-order valence-corrected chi connectivity index (χ2v) is 7.92. The van der Waals surface area contributed by atoms with Crippen LogP contribution in [0.1, 0.15) is 118 Å². The molecule has 0 aliphatic heterocycles. The van der Waals surface area contributed by atoms with Crippen molar-refractivity contribution in [1.29, 1.82) is 0 Å². The van der Waals surface area contributed by atoms with Crippen molar-refractivity contribution in [2.45, 2.75) is 96.8 Å². The van der Waals surface area contributed by atoms with Crippen LogP contribution in [-0.2, 0) is 4.79 Å². The van der Waals surface area contributed by atoms with Gasteiger partial charge in [0.05, 0.1) is 11.1 Å². The van der Waals surface area contributed by atoms with Crippen molar-refractivity contribution in [3.63, 3.8) is 0 Å². The molecule has 7 heteroatoms. The molecule has 0 bridgehead atoms. The van der Waals surface area contributed by atoms with Crippen LogP contribution in [0.3, 0.4) is 0 Å². The van der Waals surface area contributed by atoms with E-state index in [-0.39, 0.29) is 48.9 Å². The molecule has 1 aromatic carbocycles. The maximum atomic E-state index is 10.3. The van der Waals surface area contributed by atoms with Gasteiger partial charge in [0.15, 0.2) is 0 Å². The van der Waals surface area contributed by atoms with E-state index in [1.165, 1.54) is 94.9 Å². The van der Waals surface area contributed by atoms with Gasteiger partial charge in [-0.2, -0.15) is 0 Å². The monoisotopic (exact) mass is 490 g/mol. The van der Waals surface area contributed by atoms with Gasteiger partial charge in [-0.05, 0) is 56.4 Å². The number of carboxylic acids is 3. The molecule has 6 nitrogen and oxygen atoms in total. The Bertz CT molecular complexity index is 637. The Morgan fingerprint density at radius 2 is 1.00 bits per heavy atom. The van der Waals surface area contributed by atoms with Crippen LogP contribution in [0, 0.1) is 0 Å². The van der Waals surface area contributed by atoms with Gasteiger partial charge in [-0.15, -0.1) is 0 Å². The average Bonchev–Trinajstić information content (AvgIpc) is 2.76. The minimum absolute atomic E-state index is 0. The van der Waals surface area contributed by atoms with Crippen molar-refractivity contribution in [3.8, 4) is 0 Å². The fraction of sp³-hybridized carbons (Fsp3) is 0.577. The van der Waals surface area contributed by atoms with Gasteiger partial charge in [0.2, 0.25) is 0 Å². The predicted octanol–water partition coefficient (Wildman–Crippen LogP) is 6.28. The molecule has 33 heavy (non-hydrogen) atoms. The molecular weight excluding hydrogens is 448 g/mol. The summed E-state index contributed by atoms with van der Waals surface area (Å²) >= 11 is 0. The Morgan fingerprint density at radius 3 is 1.36 bits per heavy atom. The standard InChI is InChI=1S/C18H34O2.C8H6O4.Ca.2H/c1-2-3-4-5-6-7-8-9-10-11-12-13-14-15-16-17-18(19)20;9-7(10)5-1-2-6(4-3-5)8(11)12;;;/h9-10H,2-8,11-17H2,1H3,(H,19,20);1-4H,(H,9,10)(H,11,12);;;/b10-9-;;;;. The number of rotatable bonds is 17. The molecule has 1 rings (SSSR count). The molecular formula is C26H42CaO6. The van der Waals surface area contributed by atoms with Crippen molar-refractivity contribution in [3.05, 3.63) is 47.5 Å². The number of hydrogen-bond donors (Lipinski definition) is 3. The van der Waals surface area contributed by atoms with Crippen molar-refractivity contribution < 1.29 is 29.7 Å². The zero-order chi connectivity index (χ0) is 24.0. The van der Waals surface area contributed by atoms with Crippen molar-refractivity contribution >= 4 is 55.6 Å². The summed E-state index contributed by atoms with van der Waals surface area (Å²) < 4.78 is 0. The Balaban J connectivity index is 0. The van der Waals surface area contributed by atoms with E-state index in [0.717, 1.165) is 12.8 Å². The van der Waals surface area contributed by atoms with E-state index in [1.54, 1.807) is 0 Å². The first-order chi connectivity index (χ1) is 15.4. The number of carboxylic acid groups (broad SMARTS) is 3. The summed E-state index contributed by atoms with van der Waals surface area (Å²) in [6.07, 6.45) is 21.2. The second-order valence-electron chi connectivity index (χ2n) is 7.92. The molecule has 0 saturated carbocycles. The Labute approximate surface area is 228 Å². The quantitative estimate of drug-likeness (QED) is 0.135. The van der Waals surface area contributed by atoms with Crippen LogP contribution < -0.4 is 0 Å². The summed E-state index contributed by atoms with van der Waals surface area (Å²) in [5.74, 6) is -2.79. The molecule has 0 amide bonds.